The molecule has 35 heavy (non-hydrogen) atoms. The van der Waals surface area contributed by atoms with Crippen molar-refractivity contribution in [1.29, 1.82) is 0 Å². The molecule has 1 fully saturated rings. The van der Waals surface area contributed by atoms with E-state index in [0.717, 1.165) is 22.2 Å². The van der Waals surface area contributed by atoms with Gasteiger partial charge in [0.25, 0.3) is 5.91 Å². The minimum Gasteiger partial charge on any atom is -0.378 e. The van der Waals surface area contributed by atoms with E-state index in [-0.39, 0.29) is 5.91 Å². The molecule has 9 heteroatoms. The number of hydrogen-bond acceptors (Lipinski definition) is 6. The van der Waals surface area contributed by atoms with Crippen LogP contribution in [0.4, 0.5) is 0 Å². The van der Waals surface area contributed by atoms with E-state index in [4.69, 9.17) is 4.74 Å². The van der Waals surface area contributed by atoms with E-state index < -0.39 is 10.8 Å². The maximum absolute atomic E-state index is 13.1. The first-order valence-electron chi connectivity index (χ1n) is 11.6. The standard InChI is InChI=1S/C26H27N5O3S/c1-17(2)18-6-7-27-22(12-18)20-14-28-26(29-15-20)31-16-24(35(3)33)21-5-4-19(13-23(21)31)25(32)30-8-10-34-11-9-30/h4-7,12-17H,8-11H2,1-3H3. The van der Waals surface area contributed by atoms with Gasteiger partial charge in [0.05, 0.1) is 40.1 Å². The van der Waals surface area contributed by atoms with E-state index in [9.17, 15) is 9.00 Å². The molecule has 4 aromatic rings. The Labute approximate surface area is 206 Å². The molecule has 4 heterocycles. The second-order valence-corrected chi connectivity index (χ2v) is 10.2. The Kier molecular flexibility index (Phi) is 6.44. The minimum atomic E-state index is -1.22. The van der Waals surface area contributed by atoms with Gasteiger partial charge in [-0.3, -0.25) is 18.6 Å². The molecule has 1 aliphatic rings. The van der Waals surface area contributed by atoms with Crippen molar-refractivity contribution in [1.82, 2.24) is 24.4 Å². The Morgan fingerprint density at radius 1 is 1.06 bits per heavy atom. The zero-order chi connectivity index (χ0) is 24.5. The summed E-state index contributed by atoms with van der Waals surface area (Å²) in [4.78, 5) is 29.2. The zero-order valence-corrected chi connectivity index (χ0v) is 20.8. The summed E-state index contributed by atoms with van der Waals surface area (Å²) >= 11 is 0. The summed E-state index contributed by atoms with van der Waals surface area (Å²) in [6.07, 6.45) is 8.71. The lowest BCUT2D eigenvalue weighted by Crippen LogP contribution is -2.40. The molecular weight excluding hydrogens is 462 g/mol. The molecule has 1 aromatic carbocycles. The minimum absolute atomic E-state index is 0.0468. The third-order valence-corrected chi connectivity index (χ3v) is 7.17. The highest BCUT2D eigenvalue weighted by Gasteiger charge is 2.21. The van der Waals surface area contributed by atoms with Crippen molar-refractivity contribution in [2.45, 2.75) is 24.7 Å². The number of aromatic nitrogens is 4. The molecule has 1 saturated heterocycles. The summed E-state index contributed by atoms with van der Waals surface area (Å²) < 4.78 is 19.6. The van der Waals surface area contributed by atoms with Crippen LogP contribution in [0.2, 0.25) is 0 Å². The monoisotopic (exact) mass is 489 g/mol. The average molecular weight is 490 g/mol. The molecule has 0 saturated carbocycles. The van der Waals surface area contributed by atoms with Gasteiger partial charge in [0.15, 0.2) is 0 Å². The Morgan fingerprint density at radius 3 is 2.49 bits per heavy atom. The molecule has 1 unspecified atom stereocenters. The first-order chi connectivity index (χ1) is 16.9. The smallest absolute Gasteiger partial charge is 0.254 e. The molecule has 0 N–H and O–H groups in total. The van der Waals surface area contributed by atoms with Gasteiger partial charge in [-0.25, -0.2) is 9.97 Å². The fourth-order valence-electron chi connectivity index (χ4n) is 4.21. The van der Waals surface area contributed by atoms with Crippen LogP contribution in [0.3, 0.4) is 0 Å². The summed E-state index contributed by atoms with van der Waals surface area (Å²) in [6.45, 7) is 6.50. The van der Waals surface area contributed by atoms with Crippen molar-refractivity contribution in [3.05, 3.63) is 66.2 Å². The number of nitrogens with zero attached hydrogens (tertiary/aromatic N) is 5. The van der Waals surface area contributed by atoms with Crippen LogP contribution >= 0.6 is 0 Å². The molecule has 1 amide bonds. The number of fused-ring (bicyclic) bond motifs is 1. The molecule has 1 aliphatic heterocycles. The van der Waals surface area contributed by atoms with Crippen LogP contribution in [0.25, 0.3) is 28.1 Å². The predicted octanol–water partition coefficient (Wildman–Crippen LogP) is 3.82. The van der Waals surface area contributed by atoms with Gasteiger partial charge in [0.2, 0.25) is 5.95 Å². The molecule has 0 bridgehead atoms. The topological polar surface area (TPSA) is 90.2 Å². The highest BCUT2D eigenvalue weighted by atomic mass is 32.2. The van der Waals surface area contributed by atoms with E-state index in [1.807, 2.05) is 18.2 Å². The number of pyridine rings is 1. The summed E-state index contributed by atoms with van der Waals surface area (Å²) in [5.74, 6) is 0.784. The number of rotatable bonds is 5. The van der Waals surface area contributed by atoms with E-state index in [1.54, 1.807) is 46.6 Å². The normalized spacial score (nSPS) is 15.0. The quantitative estimate of drug-likeness (QED) is 0.423. The summed E-state index contributed by atoms with van der Waals surface area (Å²) in [6, 6.07) is 9.53. The maximum Gasteiger partial charge on any atom is 0.254 e. The van der Waals surface area contributed by atoms with Crippen molar-refractivity contribution >= 4 is 27.6 Å². The van der Waals surface area contributed by atoms with Gasteiger partial charge in [0.1, 0.15) is 0 Å². The first kappa shape index (κ1) is 23.3. The maximum atomic E-state index is 13.1. The van der Waals surface area contributed by atoms with Crippen LogP contribution in [-0.2, 0) is 15.5 Å². The zero-order valence-electron chi connectivity index (χ0n) is 20.0. The lowest BCUT2D eigenvalue weighted by atomic mass is 10.0. The molecule has 180 valence electrons. The van der Waals surface area contributed by atoms with E-state index in [1.165, 1.54) is 5.56 Å². The lowest BCUT2D eigenvalue weighted by molar-refractivity contribution is 0.0303. The molecule has 5 rings (SSSR count). The molecule has 0 spiro atoms. The second kappa shape index (κ2) is 9.67. The fraction of sp³-hybridized carbons (Fsp3) is 0.308. The predicted molar refractivity (Wildman–Crippen MR) is 135 cm³/mol. The van der Waals surface area contributed by atoms with Crippen molar-refractivity contribution in [2.24, 2.45) is 0 Å². The molecule has 0 radical (unpaired) electrons. The Hall–Kier alpha value is -3.43. The van der Waals surface area contributed by atoms with Crippen LogP contribution in [0.15, 0.2) is 60.0 Å². The van der Waals surface area contributed by atoms with Crippen molar-refractivity contribution in [3.8, 4) is 17.2 Å². The molecule has 8 nitrogen and oxygen atoms in total. The Morgan fingerprint density at radius 2 is 1.80 bits per heavy atom. The van der Waals surface area contributed by atoms with Gasteiger partial charge in [-0.1, -0.05) is 19.9 Å². The van der Waals surface area contributed by atoms with Crippen LogP contribution in [0, 0.1) is 0 Å². The molecule has 1 atom stereocenters. The number of morpholine rings is 1. The SMILES string of the molecule is CC(C)c1ccnc(-c2cnc(-n3cc(S(C)=O)c4ccc(C(=O)N5CCOCC5)cc43)nc2)c1. The van der Waals surface area contributed by atoms with E-state index in [0.29, 0.717) is 48.6 Å². The van der Waals surface area contributed by atoms with Crippen LogP contribution in [0.1, 0.15) is 35.7 Å². The van der Waals surface area contributed by atoms with Crippen LogP contribution in [-0.4, -0.2) is 67.1 Å². The van der Waals surface area contributed by atoms with Gasteiger partial charge < -0.3 is 9.64 Å². The number of benzene rings is 1. The largest absolute Gasteiger partial charge is 0.378 e. The lowest BCUT2D eigenvalue weighted by Gasteiger charge is -2.26. The van der Waals surface area contributed by atoms with Gasteiger partial charge in [-0.15, -0.1) is 0 Å². The summed E-state index contributed by atoms with van der Waals surface area (Å²) in [7, 11) is -1.22. The van der Waals surface area contributed by atoms with Gasteiger partial charge in [-0.2, -0.15) is 0 Å². The number of hydrogen-bond donors (Lipinski definition) is 0. The van der Waals surface area contributed by atoms with Crippen LogP contribution < -0.4 is 0 Å². The van der Waals surface area contributed by atoms with Crippen molar-refractivity contribution in [2.75, 3.05) is 32.6 Å². The highest BCUT2D eigenvalue weighted by Crippen LogP contribution is 2.28. The van der Waals surface area contributed by atoms with Gasteiger partial charge >= 0.3 is 0 Å². The van der Waals surface area contributed by atoms with Crippen molar-refractivity contribution < 1.29 is 13.7 Å². The average Bonchev–Trinajstić information content (AvgIpc) is 3.28. The highest BCUT2D eigenvalue weighted by molar-refractivity contribution is 7.84. The summed E-state index contributed by atoms with van der Waals surface area (Å²) in [5, 5.41) is 0.809. The number of amides is 1. The molecule has 0 aliphatic carbocycles. The van der Waals surface area contributed by atoms with E-state index in [2.05, 4.69) is 34.9 Å². The number of carbonyl (C=O) groups excluding carboxylic acids is 1. The first-order valence-corrected chi connectivity index (χ1v) is 13.1. The third-order valence-electron chi connectivity index (χ3n) is 6.22. The number of carbonyl (C=O) groups is 1. The second-order valence-electron chi connectivity index (χ2n) is 8.85. The number of ether oxygens (including phenoxy) is 1. The third kappa shape index (κ3) is 4.61. The fourth-order valence-corrected chi connectivity index (χ4v) is 4.95. The molecule has 3 aromatic heterocycles. The Bertz CT molecular complexity index is 1410. The van der Waals surface area contributed by atoms with Gasteiger partial charge in [-0.05, 0) is 35.7 Å². The molecular formula is C26H27N5O3S. The Balaban J connectivity index is 1.54. The van der Waals surface area contributed by atoms with Crippen molar-refractivity contribution in [3.63, 3.8) is 0 Å². The van der Waals surface area contributed by atoms with Crippen LogP contribution in [0.5, 0.6) is 0 Å². The van der Waals surface area contributed by atoms with Gasteiger partial charge in [0, 0.05) is 60.6 Å². The van der Waals surface area contributed by atoms with E-state index >= 15 is 0 Å². The summed E-state index contributed by atoms with van der Waals surface area (Å²) in [5.41, 5.74) is 4.13.